The maximum absolute atomic E-state index is 5.64. The Balaban J connectivity index is 2.50. The maximum Gasteiger partial charge on any atom is 0.218 e. The molecule has 0 unspecified atom stereocenters. The molecule has 2 aromatic rings. The van der Waals surface area contributed by atoms with Crippen molar-refractivity contribution in [2.45, 2.75) is 0 Å². The van der Waals surface area contributed by atoms with E-state index in [1.54, 1.807) is 7.11 Å². The van der Waals surface area contributed by atoms with Gasteiger partial charge in [0.15, 0.2) is 5.82 Å². The lowest BCUT2D eigenvalue weighted by Crippen LogP contribution is -1.88. The van der Waals surface area contributed by atoms with Crippen molar-refractivity contribution in [3.8, 4) is 17.1 Å². The second-order valence-corrected chi connectivity index (χ2v) is 3.01. The van der Waals surface area contributed by atoms with Crippen LogP contribution >= 0.6 is 11.6 Å². The molecule has 1 N–H and O–H groups in total. The Kier molecular flexibility index (Phi) is 2.37. The van der Waals surface area contributed by atoms with Crippen LogP contribution in [0.15, 0.2) is 24.3 Å². The summed E-state index contributed by atoms with van der Waals surface area (Å²) < 4.78 is 5.17. The van der Waals surface area contributed by atoms with Gasteiger partial charge in [-0.05, 0) is 23.7 Å². The molecule has 14 heavy (non-hydrogen) atoms. The minimum Gasteiger partial charge on any atom is -0.496 e. The molecule has 1 aromatic heterocycles. The molecular weight excluding hydrogens is 202 g/mol. The van der Waals surface area contributed by atoms with Crippen LogP contribution in [-0.4, -0.2) is 22.3 Å². The number of ether oxygens (including phenoxy) is 1. The van der Waals surface area contributed by atoms with Gasteiger partial charge in [-0.2, -0.15) is 10.1 Å². The number of halogens is 1. The van der Waals surface area contributed by atoms with E-state index in [0.29, 0.717) is 5.82 Å². The first kappa shape index (κ1) is 9.02. The summed E-state index contributed by atoms with van der Waals surface area (Å²) in [5.41, 5.74) is 0.818. The highest BCUT2D eigenvalue weighted by atomic mass is 35.5. The zero-order valence-electron chi connectivity index (χ0n) is 7.49. The van der Waals surface area contributed by atoms with Crippen LogP contribution in [0, 0.1) is 0 Å². The van der Waals surface area contributed by atoms with Crippen molar-refractivity contribution < 1.29 is 4.74 Å². The molecule has 72 valence electrons. The molecule has 0 bridgehead atoms. The molecule has 0 aliphatic rings. The van der Waals surface area contributed by atoms with E-state index in [1.165, 1.54) is 0 Å². The second-order valence-electron chi connectivity index (χ2n) is 2.65. The number of nitrogens with zero attached hydrogens (tertiary/aromatic N) is 2. The van der Waals surface area contributed by atoms with Gasteiger partial charge in [-0.1, -0.05) is 12.1 Å². The van der Waals surface area contributed by atoms with Crippen LogP contribution < -0.4 is 4.74 Å². The van der Waals surface area contributed by atoms with Crippen LogP contribution in [-0.2, 0) is 0 Å². The maximum atomic E-state index is 5.64. The number of rotatable bonds is 2. The number of aromatic nitrogens is 3. The molecule has 0 aliphatic carbocycles. The highest BCUT2D eigenvalue weighted by molar-refractivity contribution is 6.28. The Labute approximate surface area is 85.9 Å². The third-order valence-electron chi connectivity index (χ3n) is 1.81. The highest BCUT2D eigenvalue weighted by Gasteiger charge is 2.09. The van der Waals surface area contributed by atoms with E-state index >= 15 is 0 Å². The Morgan fingerprint density at radius 2 is 2.14 bits per heavy atom. The first-order valence-corrected chi connectivity index (χ1v) is 4.40. The molecule has 0 radical (unpaired) electrons. The predicted octanol–water partition coefficient (Wildman–Crippen LogP) is 2.13. The smallest absolute Gasteiger partial charge is 0.218 e. The van der Waals surface area contributed by atoms with Crippen molar-refractivity contribution in [3.05, 3.63) is 29.5 Å². The molecule has 0 amide bonds. The van der Waals surface area contributed by atoms with E-state index in [0.717, 1.165) is 11.3 Å². The number of aromatic amines is 1. The molecule has 0 saturated heterocycles. The van der Waals surface area contributed by atoms with Crippen molar-refractivity contribution in [1.82, 2.24) is 15.2 Å². The minimum absolute atomic E-state index is 0.269. The summed E-state index contributed by atoms with van der Waals surface area (Å²) >= 11 is 5.64. The van der Waals surface area contributed by atoms with Crippen molar-refractivity contribution in [1.29, 1.82) is 0 Å². The molecule has 1 heterocycles. The van der Waals surface area contributed by atoms with Gasteiger partial charge in [0, 0.05) is 0 Å². The van der Waals surface area contributed by atoms with Gasteiger partial charge >= 0.3 is 0 Å². The molecular formula is C9H8ClN3O. The van der Waals surface area contributed by atoms with E-state index in [4.69, 9.17) is 16.3 Å². The van der Waals surface area contributed by atoms with Crippen molar-refractivity contribution in [2.24, 2.45) is 0 Å². The number of benzene rings is 1. The Morgan fingerprint density at radius 3 is 2.79 bits per heavy atom. The average Bonchev–Trinajstić information content (AvgIpc) is 2.65. The molecule has 0 saturated carbocycles. The molecule has 0 aliphatic heterocycles. The molecule has 2 rings (SSSR count). The van der Waals surface area contributed by atoms with E-state index in [9.17, 15) is 0 Å². The van der Waals surface area contributed by atoms with Gasteiger partial charge in [-0.15, -0.1) is 0 Å². The lowest BCUT2D eigenvalue weighted by atomic mass is 10.2. The van der Waals surface area contributed by atoms with E-state index in [1.807, 2.05) is 24.3 Å². The summed E-state index contributed by atoms with van der Waals surface area (Å²) in [6.07, 6.45) is 0. The topological polar surface area (TPSA) is 50.8 Å². The van der Waals surface area contributed by atoms with Crippen molar-refractivity contribution >= 4 is 11.6 Å². The van der Waals surface area contributed by atoms with E-state index in [2.05, 4.69) is 15.2 Å². The third kappa shape index (κ3) is 1.56. The summed E-state index contributed by atoms with van der Waals surface area (Å²) in [5, 5.41) is 6.78. The van der Waals surface area contributed by atoms with E-state index < -0.39 is 0 Å². The Bertz CT molecular complexity index is 441. The van der Waals surface area contributed by atoms with Gasteiger partial charge in [-0.3, -0.25) is 0 Å². The zero-order valence-corrected chi connectivity index (χ0v) is 8.25. The Hall–Kier alpha value is -1.55. The van der Waals surface area contributed by atoms with Crippen LogP contribution in [0.5, 0.6) is 5.75 Å². The van der Waals surface area contributed by atoms with Crippen LogP contribution in [0.4, 0.5) is 0 Å². The average molecular weight is 210 g/mol. The lowest BCUT2D eigenvalue weighted by Gasteiger charge is -2.03. The van der Waals surface area contributed by atoms with Crippen LogP contribution in [0.2, 0.25) is 5.28 Å². The fraction of sp³-hybridized carbons (Fsp3) is 0.111. The van der Waals surface area contributed by atoms with Gasteiger partial charge in [-0.25, -0.2) is 5.10 Å². The SMILES string of the molecule is COc1ccccc1-c1n[nH]c(Cl)n1. The molecule has 0 spiro atoms. The molecule has 0 fully saturated rings. The third-order valence-corrected chi connectivity index (χ3v) is 1.98. The summed E-state index contributed by atoms with van der Waals surface area (Å²) in [5.74, 6) is 1.26. The number of nitrogens with one attached hydrogen (secondary N) is 1. The Morgan fingerprint density at radius 1 is 1.36 bits per heavy atom. The number of hydrogen-bond donors (Lipinski definition) is 1. The standard InChI is InChI=1S/C9H8ClN3O/c1-14-7-5-3-2-4-6(7)8-11-9(10)13-12-8/h2-5H,1H3,(H,11,12,13). The van der Waals surface area contributed by atoms with Crippen LogP contribution in [0.25, 0.3) is 11.4 Å². The molecule has 0 atom stereocenters. The normalized spacial score (nSPS) is 10.1. The molecule has 1 aromatic carbocycles. The van der Waals surface area contributed by atoms with Gasteiger partial charge in [0.25, 0.3) is 0 Å². The monoisotopic (exact) mass is 209 g/mol. The number of methoxy groups -OCH3 is 1. The van der Waals surface area contributed by atoms with Crippen LogP contribution in [0.1, 0.15) is 0 Å². The van der Waals surface area contributed by atoms with Gasteiger partial charge in [0.1, 0.15) is 5.75 Å². The first-order valence-electron chi connectivity index (χ1n) is 4.02. The second kappa shape index (κ2) is 3.67. The van der Waals surface area contributed by atoms with Gasteiger partial charge in [0.05, 0.1) is 12.7 Å². The van der Waals surface area contributed by atoms with E-state index in [-0.39, 0.29) is 5.28 Å². The number of hydrogen-bond acceptors (Lipinski definition) is 3. The number of para-hydroxylation sites is 1. The fourth-order valence-corrected chi connectivity index (χ4v) is 1.31. The summed E-state index contributed by atoms with van der Waals surface area (Å²) in [6.45, 7) is 0. The van der Waals surface area contributed by atoms with Gasteiger partial charge < -0.3 is 4.74 Å². The lowest BCUT2D eigenvalue weighted by molar-refractivity contribution is 0.416. The molecule has 5 heteroatoms. The highest BCUT2D eigenvalue weighted by Crippen LogP contribution is 2.26. The van der Waals surface area contributed by atoms with Crippen LogP contribution in [0.3, 0.4) is 0 Å². The summed E-state index contributed by atoms with van der Waals surface area (Å²) in [4.78, 5) is 4.01. The number of H-pyrrole nitrogens is 1. The quantitative estimate of drug-likeness (QED) is 0.825. The van der Waals surface area contributed by atoms with Gasteiger partial charge in [0.2, 0.25) is 5.28 Å². The van der Waals surface area contributed by atoms with Crippen molar-refractivity contribution in [2.75, 3.05) is 7.11 Å². The zero-order chi connectivity index (χ0) is 9.97. The largest absolute Gasteiger partial charge is 0.496 e. The fourth-order valence-electron chi connectivity index (χ4n) is 1.19. The predicted molar refractivity (Wildman–Crippen MR) is 53.4 cm³/mol. The minimum atomic E-state index is 0.269. The summed E-state index contributed by atoms with van der Waals surface area (Å²) in [6, 6.07) is 7.50. The first-order chi connectivity index (χ1) is 6.81. The summed E-state index contributed by atoms with van der Waals surface area (Å²) in [7, 11) is 1.60. The van der Waals surface area contributed by atoms with Crippen molar-refractivity contribution in [3.63, 3.8) is 0 Å². The molecule has 4 nitrogen and oxygen atoms in total.